The lowest BCUT2D eigenvalue weighted by atomic mass is 10.2. The van der Waals surface area contributed by atoms with Crippen molar-refractivity contribution in [3.63, 3.8) is 0 Å². The van der Waals surface area contributed by atoms with Gasteiger partial charge in [-0.2, -0.15) is 0 Å². The van der Waals surface area contributed by atoms with E-state index in [-0.39, 0.29) is 12.6 Å². The number of hydrogen-bond acceptors (Lipinski definition) is 4. The lowest BCUT2D eigenvalue weighted by molar-refractivity contribution is -0.145. The lowest BCUT2D eigenvalue weighted by Gasteiger charge is -2.05. The molecule has 0 amide bonds. The van der Waals surface area contributed by atoms with Crippen LogP contribution in [0.4, 0.5) is 0 Å². The van der Waals surface area contributed by atoms with E-state index < -0.39 is 0 Å². The van der Waals surface area contributed by atoms with E-state index >= 15 is 0 Å². The molecule has 1 aromatic carbocycles. The molecule has 2 aromatic heterocycles. The zero-order valence-corrected chi connectivity index (χ0v) is 13.4. The maximum absolute atomic E-state index is 11.3. The van der Waals surface area contributed by atoms with Crippen LogP contribution in [-0.4, -0.2) is 28.6 Å². The molecule has 24 heavy (non-hydrogen) atoms. The van der Waals surface area contributed by atoms with Crippen molar-refractivity contribution in [2.24, 2.45) is 0 Å². The van der Waals surface area contributed by atoms with Gasteiger partial charge in [-0.1, -0.05) is 24.3 Å². The van der Waals surface area contributed by atoms with Crippen LogP contribution >= 0.6 is 0 Å². The number of imidazole rings is 1. The number of hydrogen-bond donors (Lipinski definition) is 0. The number of nitrogens with zero attached hydrogens (tertiary/aromatic N) is 2. The third-order valence-corrected chi connectivity index (χ3v) is 3.47. The van der Waals surface area contributed by atoms with Gasteiger partial charge in [0, 0.05) is 5.69 Å². The second kappa shape index (κ2) is 7.46. The van der Waals surface area contributed by atoms with Gasteiger partial charge < -0.3 is 9.47 Å². The molecule has 0 fully saturated rings. The number of benzene rings is 1. The van der Waals surface area contributed by atoms with Gasteiger partial charge in [0.2, 0.25) is 0 Å². The number of ether oxygens (including phenoxy) is 2. The van der Waals surface area contributed by atoms with Crippen molar-refractivity contribution in [2.75, 3.05) is 13.2 Å². The minimum Gasteiger partial charge on any atom is -0.482 e. The van der Waals surface area contributed by atoms with Gasteiger partial charge in [0.15, 0.2) is 6.61 Å². The summed E-state index contributed by atoms with van der Waals surface area (Å²) in [6.07, 6.45) is 7.67. The first-order valence-electron chi connectivity index (χ1n) is 7.74. The summed E-state index contributed by atoms with van der Waals surface area (Å²) in [6.45, 7) is 2.05. The Labute approximate surface area is 140 Å². The highest BCUT2D eigenvalue weighted by atomic mass is 16.6. The quantitative estimate of drug-likeness (QED) is 0.652. The first-order chi connectivity index (χ1) is 11.8. The second-order valence-electron chi connectivity index (χ2n) is 5.14. The minimum atomic E-state index is -0.366. The van der Waals surface area contributed by atoms with Crippen LogP contribution in [0.3, 0.4) is 0 Å². The van der Waals surface area contributed by atoms with E-state index in [1.165, 1.54) is 0 Å². The number of carbonyl (C=O) groups is 1. The first kappa shape index (κ1) is 15.8. The van der Waals surface area contributed by atoms with Crippen LogP contribution in [0, 0.1) is 0 Å². The highest BCUT2D eigenvalue weighted by Crippen LogP contribution is 2.15. The predicted molar refractivity (Wildman–Crippen MR) is 92.7 cm³/mol. The zero-order chi connectivity index (χ0) is 16.8. The molecule has 0 N–H and O–H groups in total. The Balaban J connectivity index is 1.65. The van der Waals surface area contributed by atoms with E-state index in [1.54, 1.807) is 13.3 Å². The van der Waals surface area contributed by atoms with Crippen molar-refractivity contribution in [1.29, 1.82) is 0 Å². The third kappa shape index (κ3) is 3.81. The summed E-state index contributed by atoms with van der Waals surface area (Å²) >= 11 is 0. The molecule has 3 rings (SSSR count). The largest absolute Gasteiger partial charge is 0.482 e. The van der Waals surface area contributed by atoms with Gasteiger partial charge >= 0.3 is 5.97 Å². The maximum atomic E-state index is 11.3. The van der Waals surface area contributed by atoms with Gasteiger partial charge in [-0.05, 0) is 42.8 Å². The fourth-order valence-electron chi connectivity index (χ4n) is 2.31. The summed E-state index contributed by atoms with van der Waals surface area (Å²) in [5.41, 5.74) is 3.14. The van der Waals surface area contributed by atoms with Gasteiger partial charge in [0.1, 0.15) is 5.75 Å². The van der Waals surface area contributed by atoms with Crippen LogP contribution in [-0.2, 0) is 9.53 Å². The van der Waals surface area contributed by atoms with Crippen LogP contribution in [0.2, 0.25) is 0 Å². The predicted octanol–water partition coefficient (Wildman–Crippen LogP) is 3.45. The lowest BCUT2D eigenvalue weighted by Crippen LogP contribution is -2.14. The Kier molecular flexibility index (Phi) is 4.91. The highest BCUT2D eigenvalue weighted by Gasteiger charge is 2.02. The normalized spacial score (nSPS) is 11.0. The summed E-state index contributed by atoms with van der Waals surface area (Å²) < 4.78 is 12.2. The average molecular weight is 322 g/mol. The summed E-state index contributed by atoms with van der Waals surface area (Å²) in [7, 11) is 0. The molecular weight excluding hydrogens is 304 g/mol. The van der Waals surface area contributed by atoms with Crippen LogP contribution in [0.5, 0.6) is 5.75 Å². The van der Waals surface area contributed by atoms with E-state index in [1.807, 2.05) is 65.2 Å². The number of rotatable bonds is 6. The molecule has 0 spiro atoms. The number of aromatic nitrogens is 2. The van der Waals surface area contributed by atoms with E-state index in [0.717, 1.165) is 16.8 Å². The molecule has 0 atom stereocenters. The van der Waals surface area contributed by atoms with Gasteiger partial charge in [0.25, 0.3) is 0 Å². The Morgan fingerprint density at radius 1 is 1.17 bits per heavy atom. The smallest absolute Gasteiger partial charge is 0.344 e. The number of fused-ring (bicyclic) bond motifs is 1. The molecule has 0 aliphatic carbocycles. The molecule has 0 saturated carbocycles. The van der Waals surface area contributed by atoms with Gasteiger partial charge in [-0.25, -0.2) is 9.78 Å². The molecule has 122 valence electrons. The first-order valence-corrected chi connectivity index (χ1v) is 7.74. The van der Waals surface area contributed by atoms with Gasteiger partial charge in [-0.3, -0.25) is 4.40 Å². The van der Waals surface area contributed by atoms with E-state index in [9.17, 15) is 4.79 Å². The summed E-state index contributed by atoms with van der Waals surface area (Å²) in [6, 6.07) is 13.6. The monoisotopic (exact) mass is 322 g/mol. The fourth-order valence-corrected chi connectivity index (χ4v) is 2.31. The van der Waals surface area contributed by atoms with Crippen LogP contribution in [0.25, 0.3) is 17.7 Å². The molecule has 0 unspecified atom stereocenters. The minimum absolute atomic E-state index is 0.0777. The van der Waals surface area contributed by atoms with Crippen LogP contribution in [0.1, 0.15) is 18.2 Å². The second-order valence-corrected chi connectivity index (χ2v) is 5.14. The van der Waals surface area contributed by atoms with Crippen molar-refractivity contribution < 1.29 is 14.3 Å². The molecule has 0 aliphatic heterocycles. The van der Waals surface area contributed by atoms with Crippen molar-refractivity contribution >= 4 is 23.6 Å². The fraction of sp³-hybridized carbons (Fsp3) is 0.158. The Hall–Kier alpha value is -3.08. The van der Waals surface area contributed by atoms with Crippen molar-refractivity contribution in [2.45, 2.75) is 6.92 Å². The molecule has 0 radical (unpaired) electrons. The molecule has 0 saturated heterocycles. The van der Waals surface area contributed by atoms with Gasteiger partial charge in [0.05, 0.1) is 24.6 Å². The average Bonchev–Trinajstić information content (AvgIpc) is 3.08. The molecule has 3 aromatic rings. The SMILES string of the molecule is CCOC(=O)COc1ccc(C=Cc2cccc3cncn23)cc1. The summed E-state index contributed by atoms with van der Waals surface area (Å²) in [4.78, 5) is 15.4. The standard InChI is InChI=1S/C19H18N2O3/c1-2-23-19(22)13-24-18-10-7-15(8-11-18)6-9-16-4-3-5-17-12-20-14-21(16)17/h3-12,14H,2,13H2,1H3. The molecule has 0 bridgehead atoms. The molecule has 0 aliphatic rings. The Morgan fingerprint density at radius 2 is 2.00 bits per heavy atom. The molecular formula is C19H18N2O3. The van der Waals surface area contributed by atoms with Crippen molar-refractivity contribution in [3.8, 4) is 5.75 Å². The van der Waals surface area contributed by atoms with Crippen molar-refractivity contribution in [1.82, 2.24) is 9.38 Å². The van der Waals surface area contributed by atoms with E-state index in [0.29, 0.717) is 12.4 Å². The number of carbonyl (C=O) groups excluding carboxylic acids is 1. The third-order valence-electron chi connectivity index (χ3n) is 3.47. The molecule has 5 heteroatoms. The summed E-state index contributed by atoms with van der Waals surface area (Å²) in [5.74, 6) is 0.270. The Bertz CT molecular complexity index is 850. The topological polar surface area (TPSA) is 52.8 Å². The maximum Gasteiger partial charge on any atom is 0.344 e. The van der Waals surface area contributed by atoms with Gasteiger partial charge in [-0.15, -0.1) is 0 Å². The zero-order valence-electron chi connectivity index (χ0n) is 13.4. The van der Waals surface area contributed by atoms with Crippen LogP contribution < -0.4 is 4.74 Å². The highest BCUT2D eigenvalue weighted by molar-refractivity contribution is 5.71. The van der Waals surface area contributed by atoms with Crippen LogP contribution in [0.15, 0.2) is 55.0 Å². The molecule has 2 heterocycles. The van der Waals surface area contributed by atoms with E-state index in [4.69, 9.17) is 9.47 Å². The van der Waals surface area contributed by atoms with E-state index in [2.05, 4.69) is 4.98 Å². The number of pyridine rings is 1. The number of esters is 1. The van der Waals surface area contributed by atoms with Crippen molar-refractivity contribution in [3.05, 3.63) is 66.2 Å². The Morgan fingerprint density at radius 3 is 2.79 bits per heavy atom. The summed E-state index contributed by atoms with van der Waals surface area (Å²) in [5, 5.41) is 0. The molecule has 5 nitrogen and oxygen atoms in total.